The Morgan fingerprint density at radius 2 is 2.20 bits per heavy atom. The van der Waals surface area contributed by atoms with Crippen molar-refractivity contribution in [3.63, 3.8) is 0 Å². The van der Waals surface area contributed by atoms with Crippen LogP contribution in [0.2, 0.25) is 0 Å². The smallest absolute Gasteiger partial charge is 0.240 e. The van der Waals surface area contributed by atoms with Crippen molar-refractivity contribution in [1.29, 1.82) is 0 Å². The van der Waals surface area contributed by atoms with E-state index in [1.165, 1.54) is 24.3 Å². The van der Waals surface area contributed by atoms with Crippen LogP contribution in [0.3, 0.4) is 0 Å². The van der Waals surface area contributed by atoms with Crippen LogP contribution < -0.4 is 10.5 Å². The summed E-state index contributed by atoms with van der Waals surface area (Å²) < 4.78 is 26.2. The van der Waals surface area contributed by atoms with Crippen molar-refractivity contribution < 1.29 is 8.42 Å². The summed E-state index contributed by atoms with van der Waals surface area (Å²) >= 11 is 3.17. The van der Waals surface area contributed by atoms with Gasteiger partial charge in [-0.2, -0.15) is 0 Å². The molecule has 0 aliphatic rings. The summed E-state index contributed by atoms with van der Waals surface area (Å²) in [5.74, 6) is 0. The molecule has 4 nitrogen and oxygen atoms in total. The Kier molecular flexibility index (Phi) is 3.90. The van der Waals surface area contributed by atoms with Gasteiger partial charge in [0.05, 0.1) is 4.90 Å². The van der Waals surface area contributed by atoms with Crippen LogP contribution in [0.5, 0.6) is 0 Å². The van der Waals surface area contributed by atoms with Gasteiger partial charge in [0, 0.05) is 16.7 Å². The first-order chi connectivity index (χ1) is 6.97. The van der Waals surface area contributed by atoms with Gasteiger partial charge in [-0.1, -0.05) is 6.08 Å². The second kappa shape index (κ2) is 4.78. The van der Waals surface area contributed by atoms with E-state index < -0.39 is 10.0 Å². The lowest BCUT2D eigenvalue weighted by Crippen LogP contribution is -2.23. The summed E-state index contributed by atoms with van der Waals surface area (Å²) in [6, 6.07) is 4.44. The third-order valence-electron chi connectivity index (χ3n) is 1.70. The van der Waals surface area contributed by atoms with Crippen LogP contribution in [0, 0.1) is 0 Å². The molecule has 0 atom stereocenters. The van der Waals surface area contributed by atoms with Crippen molar-refractivity contribution in [3.05, 3.63) is 35.3 Å². The lowest BCUT2D eigenvalue weighted by molar-refractivity contribution is 0.585. The zero-order valence-electron chi connectivity index (χ0n) is 7.90. The van der Waals surface area contributed by atoms with Crippen LogP contribution in [-0.2, 0) is 10.0 Å². The van der Waals surface area contributed by atoms with Crippen molar-refractivity contribution in [2.45, 2.75) is 4.90 Å². The van der Waals surface area contributed by atoms with Gasteiger partial charge < -0.3 is 5.73 Å². The molecule has 0 spiro atoms. The first-order valence-electron chi connectivity index (χ1n) is 4.13. The molecule has 1 aromatic carbocycles. The normalized spacial score (nSPS) is 11.3. The average molecular weight is 291 g/mol. The number of hydrogen-bond donors (Lipinski definition) is 2. The summed E-state index contributed by atoms with van der Waals surface area (Å²) in [4.78, 5) is 0.172. The van der Waals surface area contributed by atoms with Gasteiger partial charge in [0.2, 0.25) is 10.0 Å². The molecule has 0 aromatic heterocycles. The topological polar surface area (TPSA) is 72.2 Å². The first kappa shape index (κ1) is 12.2. The maximum Gasteiger partial charge on any atom is 0.240 e. The van der Waals surface area contributed by atoms with E-state index in [4.69, 9.17) is 5.73 Å². The maximum absolute atomic E-state index is 11.6. The molecule has 0 aliphatic heterocycles. The second-order valence-electron chi connectivity index (χ2n) is 2.82. The Hall–Kier alpha value is -0.850. The molecular weight excluding hydrogens is 280 g/mol. The van der Waals surface area contributed by atoms with E-state index in [-0.39, 0.29) is 11.4 Å². The van der Waals surface area contributed by atoms with E-state index in [1.807, 2.05) is 0 Å². The van der Waals surface area contributed by atoms with Crippen LogP contribution in [0.25, 0.3) is 0 Å². The Morgan fingerprint density at radius 1 is 1.53 bits per heavy atom. The highest BCUT2D eigenvalue weighted by Crippen LogP contribution is 2.22. The molecule has 0 radical (unpaired) electrons. The number of halogens is 1. The minimum atomic E-state index is -3.47. The van der Waals surface area contributed by atoms with E-state index in [0.717, 1.165) is 0 Å². The SMILES string of the molecule is C=CCNS(=O)(=O)c1ccc(N)c(Br)c1. The minimum absolute atomic E-state index is 0.172. The summed E-state index contributed by atoms with van der Waals surface area (Å²) in [5, 5.41) is 0. The molecule has 0 heterocycles. The Balaban J connectivity index is 3.05. The number of benzene rings is 1. The van der Waals surface area contributed by atoms with Crippen molar-refractivity contribution in [2.24, 2.45) is 0 Å². The maximum atomic E-state index is 11.6. The quantitative estimate of drug-likeness (QED) is 0.652. The van der Waals surface area contributed by atoms with Crippen molar-refractivity contribution >= 4 is 31.6 Å². The zero-order chi connectivity index (χ0) is 11.5. The number of hydrogen-bond acceptors (Lipinski definition) is 3. The fourth-order valence-corrected chi connectivity index (χ4v) is 2.48. The van der Waals surface area contributed by atoms with E-state index in [2.05, 4.69) is 27.2 Å². The first-order valence-corrected chi connectivity index (χ1v) is 6.40. The summed E-state index contributed by atoms with van der Waals surface area (Å²) in [6.45, 7) is 3.63. The number of nitrogens with one attached hydrogen (secondary N) is 1. The van der Waals surface area contributed by atoms with Crippen molar-refractivity contribution in [1.82, 2.24) is 4.72 Å². The van der Waals surface area contributed by atoms with Gasteiger partial charge in [0.15, 0.2) is 0 Å². The summed E-state index contributed by atoms with van der Waals surface area (Å²) in [7, 11) is -3.47. The van der Waals surface area contributed by atoms with E-state index >= 15 is 0 Å². The van der Waals surface area contributed by atoms with Gasteiger partial charge in [0.25, 0.3) is 0 Å². The predicted molar refractivity (Wildman–Crippen MR) is 63.9 cm³/mol. The van der Waals surface area contributed by atoms with E-state index in [9.17, 15) is 8.42 Å². The largest absolute Gasteiger partial charge is 0.398 e. The molecule has 1 aromatic rings. The van der Waals surface area contributed by atoms with Crippen LogP contribution in [0.15, 0.2) is 40.2 Å². The van der Waals surface area contributed by atoms with Crippen molar-refractivity contribution in [3.8, 4) is 0 Å². The number of rotatable bonds is 4. The van der Waals surface area contributed by atoms with E-state index in [1.54, 1.807) is 0 Å². The van der Waals surface area contributed by atoms with Gasteiger partial charge in [-0.25, -0.2) is 13.1 Å². The lowest BCUT2D eigenvalue weighted by atomic mass is 10.3. The molecule has 0 saturated heterocycles. The molecule has 6 heteroatoms. The van der Waals surface area contributed by atoms with Gasteiger partial charge >= 0.3 is 0 Å². The van der Waals surface area contributed by atoms with Gasteiger partial charge in [0.1, 0.15) is 0 Å². The zero-order valence-corrected chi connectivity index (χ0v) is 10.3. The average Bonchev–Trinajstić information content (AvgIpc) is 2.19. The minimum Gasteiger partial charge on any atom is -0.398 e. The molecule has 0 bridgehead atoms. The fourth-order valence-electron chi connectivity index (χ4n) is 0.927. The molecule has 0 fully saturated rings. The Labute approximate surface area is 97.4 Å². The number of nitrogen functional groups attached to an aromatic ring is 1. The molecule has 0 unspecified atom stereocenters. The number of nitrogens with two attached hydrogens (primary N) is 1. The summed E-state index contributed by atoms with van der Waals surface area (Å²) in [6.07, 6.45) is 1.48. The predicted octanol–water partition coefficient (Wildman–Crippen LogP) is 1.50. The van der Waals surface area contributed by atoms with Crippen LogP contribution in [0.1, 0.15) is 0 Å². The van der Waals surface area contributed by atoms with Crippen LogP contribution in [0.4, 0.5) is 5.69 Å². The molecule has 15 heavy (non-hydrogen) atoms. The third kappa shape index (κ3) is 3.05. The van der Waals surface area contributed by atoms with Gasteiger partial charge in [-0.05, 0) is 34.1 Å². The monoisotopic (exact) mass is 290 g/mol. The third-order valence-corrected chi connectivity index (χ3v) is 3.81. The molecule has 0 aliphatic carbocycles. The van der Waals surface area contributed by atoms with Crippen LogP contribution >= 0.6 is 15.9 Å². The standard InChI is InChI=1S/C9H11BrN2O2S/c1-2-5-12-15(13,14)7-3-4-9(11)8(10)6-7/h2-4,6,12H,1,5,11H2. The molecular formula is C9H11BrN2O2S. The molecule has 3 N–H and O–H groups in total. The molecule has 0 saturated carbocycles. The highest BCUT2D eigenvalue weighted by atomic mass is 79.9. The highest BCUT2D eigenvalue weighted by molar-refractivity contribution is 9.10. The van der Waals surface area contributed by atoms with Crippen molar-refractivity contribution in [2.75, 3.05) is 12.3 Å². The van der Waals surface area contributed by atoms with E-state index in [0.29, 0.717) is 10.2 Å². The second-order valence-corrected chi connectivity index (χ2v) is 5.45. The molecule has 0 amide bonds. The molecule has 82 valence electrons. The number of sulfonamides is 1. The van der Waals surface area contributed by atoms with Gasteiger partial charge in [-0.15, -0.1) is 6.58 Å². The summed E-state index contributed by atoms with van der Waals surface area (Å²) in [5.41, 5.74) is 6.05. The lowest BCUT2D eigenvalue weighted by Gasteiger charge is -2.06. The van der Waals surface area contributed by atoms with Gasteiger partial charge in [-0.3, -0.25) is 0 Å². The van der Waals surface area contributed by atoms with Crippen LogP contribution in [-0.4, -0.2) is 15.0 Å². The Bertz CT molecular complexity index is 471. The fraction of sp³-hybridized carbons (Fsp3) is 0.111. The Morgan fingerprint density at radius 3 is 2.73 bits per heavy atom. The molecule has 1 rings (SSSR count). The highest BCUT2D eigenvalue weighted by Gasteiger charge is 2.13. The number of anilines is 1.